The lowest BCUT2D eigenvalue weighted by atomic mass is 10.2. The summed E-state index contributed by atoms with van der Waals surface area (Å²) in [7, 11) is 0. The van der Waals surface area contributed by atoms with Gasteiger partial charge < -0.3 is 5.32 Å². The van der Waals surface area contributed by atoms with Crippen molar-refractivity contribution in [1.29, 1.82) is 0 Å². The topological polar surface area (TPSA) is 29.1 Å². The van der Waals surface area contributed by atoms with Crippen LogP contribution < -0.4 is 5.32 Å². The molecule has 0 bridgehead atoms. The number of benzene rings is 2. The lowest BCUT2D eigenvalue weighted by molar-refractivity contribution is 0.102. The van der Waals surface area contributed by atoms with Crippen molar-refractivity contribution in [2.45, 2.75) is 0 Å². The molecule has 2 aromatic carbocycles. The average Bonchev–Trinajstić information content (AvgIpc) is 2.35. The number of rotatable bonds is 2. The molecule has 0 fully saturated rings. The molecule has 6 heteroatoms. The van der Waals surface area contributed by atoms with Gasteiger partial charge in [-0.2, -0.15) is 0 Å². The fraction of sp³-hybridized carbons (Fsp3) is 0. The first kappa shape index (κ1) is 15.1. The second-order valence-corrected chi connectivity index (χ2v) is 6.62. The summed E-state index contributed by atoms with van der Waals surface area (Å²) in [6.45, 7) is 0. The fourth-order valence-corrected chi connectivity index (χ4v) is 2.93. The van der Waals surface area contributed by atoms with Gasteiger partial charge in [0.1, 0.15) is 0 Å². The minimum absolute atomic E-state index is 0.240. The quantitative estimate of drug-likeness (QED) is 0.568. The molecule has 0 radical (unpaired) electrons. The number of anilines is 1. The van der Waals surface area contributed by atoms with Crippen LogP contribution in [0, 0.1) is 3.57 Å². The van der Waals surface area contributed by atoms with Crippen molar-refractivity contribution in [3.63, 3.8) is 0 Å². The molecule has 0 aliphatic carbocycles. The number of hydrogen-bond acceptors (Lipinski definition) is 1. The van der Waals surface area contributed by atoms with Crippen molar-refractivity contribution in [3.05, 3.63) is 60.0 Å². The molecule has 1 amide bonds. The standard InChI is InChI=1S/C13H7BrCl2INO/c14-7-1-4-12(10(16)5-7)18-13(19)9-6-8(15)2-3-11(9)17/h1-6H,(H,18,19). The third-order valence-corrected chi connectivity index (χ3v) is 4.33. The molecule has 0 spiro atoms. The van der Waals surface area contributed by atoms with E-state index in [0.717, 1.165) is 8.04 Å². The van der Waals surface area contributed by atoms with Crippen molar-refractivity contribution >= 4 is 73.3 Å². The summed E-state index contributed by atoms with van der Waals surface area (Å²) in [4.78, 5) is 12.2. The van der Waals surface area contributed by atoms with Crippen LogP contribution in [0.15, 0.2) is 40.9 Å². The van der Waals surface area contributed by atoms with Crippen LogP contribution in [0.2, 0.25) is 10.0 Å². The molecule has 98 valence electrons. The van der Waals surface area contributed by atoms with E-state index in [-0.39, 0.29) is 5.91 Å². The van der Waals surface area contributed by atoms with Crippen LogP contribution in [0.5, 0.6) is 0 Å². The summed E-state index contributed by atoms with van der Waals surface area (Å²) in [6, 6.07) is 10.4. The van der Waals surface area contributed by atoms with Gasteiger partial charge in [0.25, 0.3) is 5.91 Å². The Bertz CT molecular complexity index is 649. The first-order valence-corrected chi connectivity index (χ1v) is 7.81. The predicted molar refractivity (Wildman–Crippen MR) is 91.3 cm³/mol. The largest absolute Gasteiger partial charge is 0.321 e. The third kappa shape index (κ3) is 3.84. The molecular weight excluding hydrogens is 464 g/mol. The van der Waals surface area contributed by atoms with Crippen LogP contribution in [0.25, 0.3) is 0 Å². The molecule has 0 saturated carbocycles. The maximum Gasteiger partial charge on any atom is 0.256 e. The Morgan fingerprint density at radius 2 is 1.89 bits per heavy atom. The highest BCUT2D eigenvalue weighted by Gasteiger charge is 2.12. The monoisotopic (exact) mass is 469 g/mol. The highest BCUT2D eigenvalue weighted by Crippen LogP contribution is 2.27. The SMILES string of the molecule is O=C(Nc1ccc(Br)cc1Cl)c1cc(Cl)ccc1I. The van der Waals surface area contributed by atoms with E-state index in [1.54, 1.807) is 30.3 Å². The van der Waals surface area contributed by atoms with E-state index >= 15 is 0 Å². The minimum Gasteiger partial charge on any atom is -0.321 e. The summed E-state index contributed by atoms with van der Waals surface area (Å²) >= 11 is 17.4. The summed E-state index contributed by atoms with van der Waals surface area (Å²) in [5.74, 6) is -0.240. The molecule has 0 aliphatic heterocycles. The van der Waals surface area contributed by atoms with Gasteiger partial charge in [-0.25, -0.2) is 0 Å². The Kier molecular flexibility index (Phi) is 5.11. The molecule has 0 saturated heterocycles. The van der Waals surface area contributed by atoms with Gasteiger partial charge in [-0.1, -0.05) is 39.1 Å². The van der Waals surface area contributed by atoms with Crippen LogP contribution in [-0.2, 0) is 0 Å². The number of amides is 1. The molecule has 0 heterocycles. The number of hydrogen-bond donors (Lipinski definition) is 1. The second kappa shape index (κ2) is 6.43. The predicted octanol–water partition coefficient (Wildman–Crippen LogP) is 5.61. The lowest BCUT2D eigenvalue weighted by Crippen LogP contribution is -2.13. The van der Waals surface area contributed by atoms with Gasteiger partial charge >= 0.3 is 0 Å². The van der Waals surface area contributed by atoms with E-state index in [1.165, 1.54) is 0 Å². The van der Waals surface area contributed by atoms with Crippen LogP contribution in [0.3, 0.4) is 0 Å². The molecule has 0 atom stereocenters. The van der Waals surface area contributed by atoms with Crippen LogP contribution in [-0.4, -0.2) is 5.91 Å². The van der Waals surface area contributed by atoms with Gasteiger partial charge in [0.2, 0.25) is 0 Å². The number of halogens is 4. The second-order valence-electron chi connectivity index (χ2n) is 3.70. The van der Waals surface area contributed by atoms with Crippen LogP contribution in [0.1, 0.15) is 10.4 Å². The first-order chi connectivity index (χ1) is 8.97. The van der Waals surface area contributed by atoms with Crippen molar-refractivity contribution in [3.8, 4) is 0 Å². The zero-order valence-electron chi connectivity index (χ0n) is 9.38. The molecule has 0 unspecified atom stereocenters. The zero-order valence-corrected chi connectivity index (χ0v) is 14.6. The smallest absolute Gasteiger partial charge is 0.256 e. The van der Waals surface area contributed by atoms with E-state index in [9.17, 15) is 4.79 Å². The van der Waals surface area contributed by atoms with Crippen molar-refractivity contribution in [1.82, 2.24) is 0 Å². The highest BCUT2D eigenvalue weighted by molar-refractivity contribution is 14.1. The number of carbonyl (C=O) groups is 1. The Morgan fingerprint density at radius 1 is 1.16 bits per heavy atom. The summed E-state index contributed by atoms with van der Waals surface area (Å²) in [6.07, 6.45) is 0. The lowest BCUT2D eigenvalue weighted by Gasteiger charge is -2.09. The van der Waals surface area contributed by atoms with Crippen molar-refractivity contribution < 1.29 is 4.79 Å². The highest BCUT2D eigenvalue weighted by atomic mass is 127. The Labute approximate surface area is 142 Å². The molecule has 2 aromatic rings. The number of nitrogens with one attached hydrogen (secondary N) is 1. The molecule has 19 heavy (non-hydrogen) atoms. The Balaban J connectivity index is 2.28. The van der Waals surface area contributed by atoms with Crippen LogP contribution >= 0.6 is 61.7 Å². The van der Waals surface area contributed by atoms with Crippen molar-refractivity contribution in [2.75, 3.05) is 5.32 Å². The molecule has 2 rings (SSSR count). The van der Waals surface area contributed by atoms with E-state index in [1.807, 2.05) is 6.07 Å². The summed E-state index contributed by atoms with van der Waals surface area (Å²) < 4.78 is 1.68. The fourth-order valence-electron chi connectivity index (χ4n) is 1.45. The zero-order chi connectivity index (χ0) is 14.0. The van der Waals surface area contributed by atoms with Crippen molar-refractivity contribution in [2.24, 2.45) is 0 Å². The molecule has 1 N–H and O–H groups in total. The summed E-state index contributed by atoms with van der Waals surface area (Å²) in [5.41, 5.74) is 1.08. The van der Waals surface area contributed by atoms with E-state index in [0.29, 0.717) is 21.3 Å². The number of carbonyl (C=O) groups excluding carboxylic acids is 1. The van der Waals surface area contributed by atoms with E-state index in [4.69, 9.17) is 23.2 Å². The van der Waals surface area contributed by atoms with Gasteiger partial charge in [0.15, 0.2) is 0 Å². The van der Waals surface area contributed by atoms with Gasteiger partial charge in [0, 0.05) is 13.1 Å². The normalized spacial score (nSPS) is 10.3. The Hall–Kier alpha value is -0.300. The maximum absolute atomic E-state index is 12.2. The van der Waals surface area contributed by atoms with Gasteiger partial charge in [0.05, 0.1) is 16.3 Å². The van der Waals surface area contributed by atoms with Gasteiger partial charge in [-0.05, 0) is 59.0 Å². The maximum atomic E-state index is 12.2. The first-order valence-electron chi connectivity index (χ1n) is 5.19. The van der Waals surface area contributed by atoms with Crippen LogP contribution in [0.4, 0.5) is 5.69 Å². The van der Waals surface area contributed by atoms with Gasteiger partial charge in [-0.15, -0.1) is 0 Å². The Morgan fingerprint density at radius 3 is 2.58 bits per heavy atom. The molecule has 0 aromatic heterocycles. The van der Waals surface area contributed by atoms with E-state index < -0.39 is 0 Å². The minimum atomic E-state index is -0.240. The van der Waals surface area contributed by atoms with E-state index in [2.05, 4.69) is 43.8 Å². The third-order valence-electron chi connectivity index (χ3n) is 2.35. The molecule has 2 nitrogen and oxygen atoms in total. The molecular formula is C13H7BrCl2INO. The molecule has 0 aliphatic rings. The summed E-state index contributed by atoms with van der Waals surface area (Å²) in [5, 5.41) is 3.76. The average molecular weight is 471 g/mol. The van der Waals surface area contributed by atoms with Gasteiger partial charge in [-0.3, -0.25) is 4.79 Å².